The van der Waals surface area contributed by atoms with Gasteiger partial charge in [0.05, 0.1) is 5.69 Å². The average Bonchev–Trinajstić information content (AvgIpc) is 2.32. The number of halogens is 2. The zero-order valence-electron chi connectivity index (χ0n) is 8.52. The van der Waals surface area contributed by atoms with Crippen molar-refractivity contribution < 1.29 is 4.79 Å². The maximum atomic E-state index is 11.9. The number of hydrogen-bond donors (Lipinski definition) is 1. The van der Waals surface area contributed by atoms with E-state index >= 15 is 0 Å². The minimum absolute atomic E-state index is 0.258. The normalized spacial score (nSPS) is 10.0. The van der Waals surface area contributed by atoms with E-state index in [1.807, 2.05) is 0 Å². The molecule has 0 aliphatic heterocycles. The fourth-order valence-electron chi connectivity index (χ4n) is 1.22. The molecule has 2 aromatic heterocycles. The molecule has 0 saturated heterocycles. The van der Waals surface area contributed by atoms with E-state index in [2.05, 4.69) is 31.2 Å². The molecule has 86 valence electrons. The van der Waals surface area contributed by atoms with Crippen molar-refractivity contribution in [2.75, 3.05) is 5.32 Å². The molecule has 2 heterocycles. The molecule has 0 bridgehead atoms. The van der Waals surface area contributed by atoms with E-state index in [0.717, 1.165) is 0 Å². The second kappa shape index (κ2) is 5.25. The van der Waals surface area contributed by atoms with Crippen molar-refractivity contribution in [1.29, 1.82) is 0 Å². The van der Waals surface area contributed by atoms with E-state index in [1.165, 1.54) is 0 Å². The van der Waals surface area contributed by atoms with Gasteiger partial charge in [0.15, 0.2) is 5.15 Å². The summed E-state index contributed by atoms with van der Waals surface area (Å²) in [5, 5.41) is 2.93. The molecule has 0 aliphatic rings. The quantitative estimate of drug-likeness (QED) is 0.867. The number of carbonyl (C=O) groups is 1. The number of aromatic nitrogens is 2. The summed E-state index contributed by atoms with van der Waals surface area (Å²) in [5.41, 5.74) is 0.971. The highest BCUT2D eigenvalue weighted by molar-refractivity contribution is 9.10. The Labute approximate surface area is 111 Å². The van der Waals surface area contributed by atoms with Crippen molar-refractivity contribution in [2.24, 2.45) is 0 Å². The maximum Gasteiger partial charge on any atom is 0.255 e. The van der Waals surface area contributed by atoms with Crippen molar-refractivity contribution in [3.63, 3.8) is 0 Å². The van der Waals surface area contributed by atoms with Gasteiger partial charge in [0.25, 0.3) is 5.91 Å². The summed E-state index contributed by atoms with van der Waals surface area (Å²) in [6.07, 6.45) is 3.10. The van der Waals surface area contributed by atoms with Gasteiger partial charge in [-0.25, -0.2) is 9.97 Å². The number of amides is 1. The highest BCUT2D eigenvalue weighted by atomic mass is 79.9. The molecule has 6 heteroatoms. The molecule has 17 heavy (non-hydrogen) atoms. The van der Waals surface area contributed by atoms with Crippen LogP contribution in [0.3, 0.4) is 0 Å². The molecule has 0 fully saturated rings. The lowest BCUT2D eigenvalue weighted by molar-refractivity contribution is 0.102. The number of nitrogens with one attached hydrogen (secondary N) is 1. The molecular formula is C11H7BrClN3O. The van der Waals surface area contributed by atoms with Crippen LogP contribution in [-0.4, -0.2) is 15.9 Å². The Bertz CT molecular complexity index is 562. The first-order valence-corrected chi connectivity index (χ1v) is 5.87. The van der Waals surface area contributed by atoms with Gasteiger partial charge >= 0.3 is 0 Å². The summed E-state index contributed by atoms with van der Waals surface area (Å²) < 4.78 is 0.599. The molecule has 0 spiro atoms. The van der Waals surface area contributed by atoms with Gasteiger partial charge in [-0.1, -0.05) is 11.6 Å². The van der Waals surface area contributed by atoms with Crippen molar-refractivity contribution in [3.05, 3.63) is 52.0 Å². The maximum absolute atomic E-state index is 11.9. The van der Waals surface area contributed by atoms with E-state index in [0.29, 0.717) is 15.9 Å². The molecule has 0 unspecified atom stereocenters. The first kappa shape index (κ1) is 12.0. The Balaban J connectivity index is 2.20. The molecule has 2 rings (SSSR count). The van der Waals surface area contributed by atoms with Crippen LogP contribution in [0.1, 0.15) is 10.4 Å². The number of rotatable bonds is 2. The van der Waals surface area contributed by atoms with Gasteiger partial charge in [-0.3, -0.25) is 4.79 Å². The summed E-state index contributed by atoms with van der Waals surface area (Å²) in [6.45, 7) is 0. The molecule has 4 nitrogen and oxygen atoms in total. The molecule has 1 N–H and O–H groups in total. The van der Waals surface area contributed by atoms with Crippen LogP contribution in [0.2, 0.25) is 5.15 Å². The first-order chi connectivity index (χ1) is 8.16. The highest BCUT2D eigenvalue weighted by Gasteiger charge is 2.08. The molecule has 2 aromatic rings. The largest absolute Gasteiger partial charge is 0.319 e. The zero-order chi connectivity index (χ0) is 12.3. The van der Waals surface area contributed by atoms with Crippen molar-refractivity contribution in [2.45, 2.75) is 0 Å². The number of carbonyl (C=O) groups excluding carboxylic acids is 1. The zero-order valence-corrected chi connectivity index (χ0v) is 10.9. The van der Waals surface area contributed by atoms with Crippen molar-refractivity contribution in [3.8, 4) is 0 Å². The van der Waals surface area contributed by atoms with Gasteiger partial charge in [-0.05, 0) is 40.2 Å². The van der Waals surface area contributed by atoms with Crippen LogP contribution < -0.4 is 5.32 Å². The lowest BCUT2D eigenvalue weighted by Crippen LogP contribution is -2.12. The third kappa shape index (κ3) is 3.01. The van der Waals surface area contributed by atoms with Crippen LogP contribution in [0.5, 0.6) is 0 Å². The third-order valence-corrected chi connectivity index (χ3v) is 2.73. The first-order valence-electron chi connectivity index (χ1n) is 4.70. The average molecular weight is 313 g/mol. The molecule has 0 aliphatic carbocycles. The lowest BCUT2D eigenvalue weighted by Gasteiger charge is -2.06. The summed E-state index contributed by atoms with van der Waals surface area (Å²) in [4.78, 5) is 19.7. The Kier molecular flexibility index (Phi) is 3.71. The predicted molar refractivity (Wildman–Crippen MR) is 69.1 cm³/mol. The van der Waals surface area contributed by atoms with Crippen LogP contribution in [-0.2, 0) is 0 Å². The number of pyridine rings is 2. The highest BCUT2D eigenvalue weighted by Crippen LogP contribution is 2.18. The second-order valence-corrected chi connectivity index (χ2v) is 4.33. The van der Waals surface area contributed by atoms with Gasteiger partial charge in [0, 0.05) is 18.0 Å². The van der Waals surface area contributed by atoms with Gasteiger partial charge in [-0.2, -0.15) is 0 Å². The van der Waals surface area contributed by atoms with Crippen molar-refractivity contribution >= 4 is 39.1 Å². The molecule has 0 atom stereocenters. The third-order valence-electron chi connectivity index (χ3n) is 2.00. The molecular weight excluding hydrogens is 305 g/mol. The Morgan fingerprint density at radius 2 is 2.12 bits per heavy atom. The summed E-state index contributed by atoms with van der Waals surface area (Å²) >= 11 is 9.04. The van der Waals surface area contributed by atoms with E-state index in [-0.39, 0.29) is 11.1 Å². The number of anilines is 1. The smallest absolute Gasteiger partial charge is 0.255 e. The second-order valence-electron chi connectivity index (χ2n) is 3.16. The summed E-state index contributed by atoms with van der Waals surface area (Å²) in [7, 11) is 0. The minimum Gasteiger partial charge on any atom is -0.319 e. The van der Waals surface area contributed by atoms with Crippen LogP contribution in [0, 0.1) is 0 Å². The van der Waals surface area contributed by atoms with E-state index in [9.17, 15) is 4.79 Å². The minimum atomic E-state index is -0.261. The van der Waals surface area contributed by atoms with E-state index < -0.39 is 0 Å². The number of hydrogen-bond acceptors (Lipinski definition) is 3. The van der Waals surface area contributed by atoms with Gasteiger partial charge < -0.3 is 5.32 Å². The van der Waals surface area contributed by atoms with Gasteiger partial charge in [0.1, 0.15) is 4.60 Å². The van der Waals surface area contributed by atoms with E-state index in [1.54, 1.807) is 36.7 Å². The van der Waals surface area contributed by atoms with Crippen molar-refractivity contribution in [1.82, 2.24) is 9.97 Å². The number of nitrogens with zero attached hydrogens (tertiary/aromatic N) is 2. The predicted octanol–water partition coefficient (Wildman–Crippen LogP) is 3.14. The molecule has 1 amide bonds. The van der Waals surface area contributed by atoms with Crippen LogP contribution in [0.25, 0.3) is 0 Å². The Morgan fingerprint density at radius 1 is 1.29 bits per heavy atom. The Morgan fingerprint density at radius 3 is 2.82 bits per heavy atom. The van der Waals surface area contributed by atoms with Crippen LogP contribution in [0.4, 0.5) is 5.69 Å². The molecule has 0 aromatic carbocycles. The monoisotopic (exact) mass is 311 g/mol. The van der Waals surface area contributed by atoms with Crippen LogP contribution >= 0.6 is 27.5 Å². The molecule has 0 radical (unpaired) electrons. The Hall–Kier alpha value is -1.46. The molecule has 0 saturated carbocycles. The fraction of sp³-hybridized carbons (Fsp3) is 0. The van der Waals surface area contributed by atoms with Gasteiger partial charge in [0.2, 0.25) is 0 Å². The summed E-state index contributed by atoms with van der Waals surface area (Å²) in [6, 6.07) is 6.62. The topological polar surface area (TPSA) is 54.9 Å². The van der Waals surface area contributed by atoms with Crippen LogP contribution in [0.15, 0.2) is 41.3 Å². The standard InChI is InChI=1S/C11H7BrClN3O/c12-9-6-7(3-5-14-9)11(17)16-8-2-1-4-15-10(8)13/h1-6H,(H,16,17). The summed E-state index contributed by atoms with van der Waals surface area (Å²) in [5.74, 6) is -0.261. The SMILES string of the molecule is O=C(Nc1cccnc1Cl)c1ccnc(Br)c1. The fourth-order valence-corrected chi connectivity index (χ4v) is 1.75. The van der Waals surface area contributed by atoms with E-state index in [4.69, 9.17) is 11.6 Å². The van der Waals surface area contributed by atoms with Gasteiger partial charge in [-0.15, -0.1) is 0 Å². The lowest BCUT2D eigenvalue weighted by atomic mass is 10.2.